The number of amides is 1. The molecular weight excluding hydrogens is 390 g/mol. The van der Waals surface area contributed by atoms with Gasteiger partial charge in [0.05, 0.1) is 28.9 Å². The molecule has 1 N–H and O–H groups in total. The first-order valence-electron chi connectivity index (χ1n) is 7.76. The van der Waals surface area contributed by atoms with Crippen molar-refractivity contribution < 1.29 is 24.2 Å². The van der Waals surface area contributed by atoms with Crippen molar-refractivity contribution >= 4 is 56.6 Å². The minimum absolute atomic E-state index is 0.0558. The molecule has 0 bridgehead atoms. The fraction of sp³-hybridized carbons (Fsp3) is 0.105. The number of anilines is 1. The van der Waals surface area contributed by atoms with Crippen LogP contribution in [0.3, 0.4) is 0 Å². The molecule has 1 aromatic heterocycles. The maximum atomic E-state index is 13.0. The Morgan fingerprint density at radius 1 is 1.15 bits per heavy atom. The average Bonchev–Trinajstić information content (AvgIpc) is 3.02. The summed E-state index contributed by atoms with van der Waals surface area (Å²) in [5.41, 5.74) is 0.149. The highest BCUT2D eigenvalue weighted by Gasteiger charge is 2.25. The highest BCUT2D eigenvalue weighted by Crippen LogP contribution is 2.36. The van der Waals surface area contributed by atoms with Gasteiger partial charge in [0.15, 0.2) is 0 Å². The molecule has 1 heterocycles. The Kier molecular flexibility index (Phi) is 5.16. The minimum atomic E-state index is -1.17. The molecule has 2 aromatic carbocycles. The predicted octanol–water partition coefficient (Wildman–Crippen LogP) is 4.32. The number of carboxylic acid groups (broad SMARTS) is 1. The second-order valence-corrected chi connectivity index (χ2v) is 7.06. The van der Waals surface area contributed by atoms with E-state index in [0.717, 1.165) is 10.1 Å². The fourth-order valence-corrected chi connectivity index (χ4v) is 4.13. The number of carboxylic acids is 1. The molecule has 0 atom stereocenters. The molecule has 0 aliphatic carbocycles. The van der Waals surface area contributed by atoms with Crippen LogP contribution >= 0.6 is 22.9 Å². The van der Waals surface area contributed by atoms with E-state index in [1.165, 1.54) is 48.6 Å². The van der Waals surface area contributed by atoms with Gasteiger partial charge in [-0.25, -0.2) is 9.59 Å². The summed E-state index contributed by atoms with van der Waals surface area (Å²) in [6.07, 6.45) is 0. The van der Waals surface area contributed by atoms with Crippen LogP contribution in [0.1, 0.15) is 30.4 Å². The third-order valence-corrected chi connectivity index (χ3v) is 5.71. The van der Waals surface area contributed by atoms with E-state index in [2.05, 4.69) is 0 Å². The summed E-state index contributed by atoms with van der Waals surface area (Å²) in [5.74, 6) is -2.30. The minimum Gasteiger partial charge on any atom is -0.478 e. The molecule has 0 fully saturated rings. The third-order valence-electron chi connectivity index (χ3n) is 4.05. The fourth-order valence-electron chi connectivity index (χ4n) is 2.64. The zero-order valence-corrected chi connectivity index (χ0v) is 15.9. The lowest BCUT2D eigenvalue weighted by molar-refractivity contribution is 0.0599. The van der Waals surface area contributed by atoms with E-state index in [1.807, 2.05) is 24.3 Å². The Morgan fingerprint density at radius 2 is 1.85 bits per heavy atom. The Balaban J connectivity index is 2.10. The van der Waals surface area contributed by atoms with Gasteiger partial charge in [0.25, 0.3) is 5.91 Å². The highest BCUT2D eigenvalue weighted by molar-refractivity contribution is 7.21. The summed E-state index contributed by atoms with van der Waals surface area (Å²) in [4.78, 5) is 37.9. The van der Waals surface area contributed by atoms with Gasteiger partial charge in [-0.15, -0.1) is 11.3 Å². The number of carbonyl (C=O) groups excluding carboxylic acids is 2. The molecule has 0 radical (unpaired) electrons. The van der Waals surface area contributed by atoms with Gasteiger partial charge in [0.1, 0.15) is 4.88 Å². The molecule has 6 nitrogen and oxygen atoms in total. The zero-order chi connectivity index (χ0) is 19.7. The van der Waals surface area contributed by atoms with E-state index in [4.69, 9.17) is 16.3 Å². The number of benzene rings is 2. The van der Waals surface area contributed by atoms with Gasteiger partial charge in [0.2, 0.25) is 0 Å². The van der Waals surface area contributed by atoms with Crippen LogP contribution < -0.4 is 4.90 Å². The number of methoxy groups -OCH3 is 1. The summed E-state index contributed by atoms with van der Waals surface area (Å²) in [6.45, 7) is 0. The second kappa shape index (κ2) is 7.38. The Labute approximate surface area is 163 Å². The number of nitrogens with zero attached hydrogens (tertiary/aromatic N) is 1. The van der Waals surface area contributed by atoms with E-state index >= 15 is 0 Å². The topological polar surface area (TPSA) is 83.9 Å². The first kappa shape index (κ1) is 18.9. The first-order chi connectivity index (χ1) is 12.8. The van der Waals surface area contributed by atoms with Crippen molar-refractivity contribution in [1.82, 2.24) is 0 Å². The van der Waals surface area contributed by atoms with E-state index in [1.54, 1.807) is 0 Å². The largest absolute Gasteiger partial charge is 0.478 e. The molecule has 0 saturated carbocycles. The Hall–Kier alpha value is -2.90. The first-order valence-corrected chi connectivity index (χ1v) is 8.95. The highest BCUT2D eigenvalue weighted by atomic mass is 35.5. The van der Waals surface area contributed by atoms with Gasteiger partial charge in [-0.1, -0.05) is 29.8 Å². The summed E-state index contributed by atoms with van der Waals surface area (Å²) in [7, 11) is 2.67. The summed E-state index contributed by atoms with van der Waals surface area (Å²) >= 11 is 7.60. The van der Waals surface area contributed by atoms with Crippen LogP contribution in [0.15, 0.2) is 42.5 Å². The number of rotatable bonds is 4. The Bertz CT molecular complexity index is 1080. The molecule has 0 unspecified atom stereocenters. The van der Waals surface area contributed by atoms with Crippen LogP contribution in [-0.4, -0.2) is 37.1 Å². The van der Waals surface area contributed by atoms with Gasteiger partial charge in [-0.05, 0) is 24.3 Å². The molecule has 27 heavy (non-hydrogen) atoms. The lowest BCUT2D eigenvalue weighted by atomic mass is 10.1. The monoisotopic (exact) mass is 403 g/mol. The predicted molar refractivity (Wildman–Crippen MR) is 104 cm³/mol. The average molecular weight is 404 g/mol. The van der Waals surface area contributed by atoms with E-state index in [-0.39, 0.29) is 16.8 Å². The normalized spacial score (nSPS) is 10.6. The molecule has 138 valence electrons. The molecule has 0 spiro atoms. The second-order valence-electron chi connectivity index (χ2n) is 5.63. The summed E-state index contributed by atoms with van der Waals surface area (Å²) in [5, 5.41) is 10.3. The maximum absolute atomic E-state index is 13.0. The van der Waals surface area contributed by atoms with Gasteiger partial charge < -0.3 is 14.7 Å². The van der Waals surface area contributed by atoms with E-state index < -0.39 is 17.8 Å². The van der Waals surface area contributed by atoms with Gasteiger partial charge >= 0.3 is 11.9 Å². The van der Waals surface area contributed by atoms with Crippen LogP contribution in [0.25, 0.3) is 10.1 Å². The van der Waals surface area contributed by atoms with Crippen LogP contribution in [-0.2, 0) is 4.74 Å². The van der Waals surface area contributed by atoms with E-state index in [9.17, 15) is 19.5 Å². The third kappa shape index (κ3) is 3.39. The molecule has 0 aliphatic heterocycles. The number of aromatic carboxylic acids is 1. The van der Waals surface area contributed by atoms with Crippen molar-refractivity contribution in [3.05, 3.63) is 63.5 Å². The van der Waals surface area contributed by atoms with Crippen molar-refractivity contribution in [2.45, 2.75) is 0 Å². The number of fused-ring (bicyclic) bond motifs is 1. The quantitative estimate of drug-likeness (QED) is 0.656. The van der Waals surface area contributed by atoms with Gasteiger partial charge in [-0.3, -0.25) is 4.79 Å². The summed E-state index contributed by atoms with van der Waals surface area (Å²) < 4.78 is 5.59. The number of thiophene rings is 1. The molecule has 0 aliphatic rings. The summed E-state index contributed by atoms with van der Waals surface area (Å²) in [6, 6.07) is 11.2. The number of halogens is 1. The molecule has 1 amide bonds. The van der Waals surface area contributed by atoms with Crippen LogP contribution in [0.2, 0.25) is 5.02 Å². The SMILES string of the molecule is COC(=O)c1ccc(C(=O)O)cc1N(C)C(=O)c1sc2ccccc2c1Cl. The van der Waals surface area contributed by atoms with Crippen LogP contribution in [0.4, 0.5) is 5.69 Å². The molecule has 3 aromatic rings. The van der Waals surface area contributed by atoms with Gasteiger partial charge in [-0.2, -0.15) is 0 Å². The van der Waals surface area contributed by atoms with Crippen molar-refractivity contribution in [3.8, 4) is 0 Å². The molecule has 3 rings (SSSR count). The number of carbonyl (C=O) groups is 3. The van der Waals surface area contributed by atoms with Crippen LogP contribution in [0.5, 0.6) is 0 Å². The van der Waals surface area contributed by atoms with Gasteiger partial charge in [0, 0.05) is 17.1 Å². The lowest BCUT2D eigenvalue weighted by Crippen LogP contribution is -2.28. The van der Waals surface area contributed by atoms with Crippen molar-refractivity contribution in [2.24, 2.45) is 0 Å². The van der Waals surface area contributed by atoms with Crippen LogP contribution in [0, 0.1) is 0 Å². The molecule has 0 saturated heterocycles. The number of hydrogen-bond acceptors (Lipinski definition) is 5. The van der Waals surface area contributed by atoms with Crippen molar-refractivity contribution in [1.29, 1.82) is 0 Å². The van der Waals surface area contributed by atoms with Crippen molar-refractivity contribution in [2.75, 3.05) is 19.1 Å². The number of hydrogen-bond donors (Lipinski definition) is 1. The van der Waals surface area contributed by atoms with Crippen molar-refractivity contribution in [3.63, 3.8) is 0 Å². The smallest absolute Gasteiger partial charge is 0.339 e. The standard InChI is InChI=1S/C19H14ClNO5S/c1-21(13-9-10(18(23)24)7-8-11(13)19(25)26-2)17(22)16-15(20)12-5-3-4-6-14(12)27-16/h3-9H,1-2H3,(H,23,24). The van der Waals surface area contributed by atoms with E-state index in [0.29, 0.717) is 9.90 Å². The Morgan fingerprint density at radius 3 is 2.48 bits per heavy atom. The number of esters is 1. The maximum Gasteiger partial charge on any atom is 0.339 e. The number of ether oxygens (including phenoxy) is 1. The molecular formula is C19H14ClNO5S. The molecule has 8 heteroatoms. The lowest BCUT2D eigenvalue weighted by Gasteiger charge is -2.20. The zero-order valence-electron chi connectivity index (χ0n) is 14.4.